The Labute approximate surface area is 138 Å². The lowest BCUT2D eigenvalue weighted by Gasteiger charge is -2.26. The molecular weight excluding hydrogens is 362 g/mol. The fourth-order valence-corrected chi connectivity index (χ4v) is 8.65. The van der Waals surface area contributed by atoms with Crippen LogP contribution in [0.1, 0.15) is 5.56 Å². The second-order valence-corrected chi connectivity index (χ2v) is 10.1. The van der Waals surface area contributed by atoms with E-state index >= 15 is 0 Å². The molecule has 0 saturated carbocycles. The van der Waals surface area contributed by atoms with Crippen molar-refractivity contribution in [1.82, 2.24) is 0 Å². The molecule has 3 nitrogen and oxygen atoms in total. The van der Waals surface area contributed by atoms with Gasteiger partial charge in [0.2, 0.25) is 0 Å². The second kappa shape index (κ2) is 5.36. The maximum absolute atomic E-state index is 12.2. The number of rotatable bonds is 2. The van der Waals surface area contributed by atoms with E-state index in [0.717, 1.165) is 14.0 Å². The van der Waals surface area contributed by atoms with Crippen molar-refractivity contribution in [3.63, 3.8) is 0 Å². The third-order valence-electron chi connectivity index (χ3n) is 3.07. The van der Waals surface area contributed by atoms with Gasteiger partial charge >= 0.3 is 0 Å². The van der Waals surface area contributed by atoms with Crippen molar-refractivity contribution in [2.75, 3.05) is 4.90 Å². The first-order valence-electron chi connectivity index (χ1n) is 5.99. The van der Waals surface area contributed by atoms with Crippen LogP contribution in [0.15, 0.2) is 48.3 Å². The maximum atomic E-state index is 12.2. The summed E-state index contributed by atoms with van der Waals surface area (Å²) in [4.78, 5) is 26.3. The maximum Gasteiger partial charge on any atom is 0.267 e. The highest BCUT2D eigenvalue weighted by molar-refractivity contribution is 8.06. The lowest BCUT2D eigenvalue weighted by molar-refractivity contribution is 0.949. The van der Waals surface area contributed by atoms with E-state index in [-0.39, 0.29) is 9.48 Å². The molecule has 8 heteroatoms. The third-order valence-corrected chi connectivity index (χ3v) is 9.41. The van der Waals surface area contributed by atoms with Gasteiger partial charge in [-0.15, -0.1) is 0 Å². The molecule has 0 aliphatic carbocycles. The second-order valence-electron chi connectivity index (χ2n) is 4.35. The molecule has 0 spiro atoms. The lowest BCUT2D eigenvalue weighted by Crippen LogP contribution is -2.26. The molecule has 106 valence electrons. The van der Waals surface area contributed by atoms with Crippen molar-refractivity contribution < 1.29 is 0 Å². The Hall–Kier alpha value is -0.930. The monoisotopic (exact) mass is 369 g/mol. The van der Waals surface area contributed by atoms with Crippen molar-refractivity contribution >= 4 is 64.5 Å². The number of hydrogen-bond acceptors (Lipinski definition) is 8. The van der Waals surface area contributed by atoms with E-state index < -0.39 is 0 Å². The number of benzene rings is 1. The van der Waals surface area contributed by atoms with E-state index in [1.165, 1.54) is 41.4 Å². The largest absolute Gasteiger partial charge is 0.326 e. The van der Waals surface area contributed by atoms with Gasteiger partial charge in [-0.2, -0.15) is 0 Å². The van der Waals surface area contributed by atoms with Crippen LogP contribution in [0.4, 0.5) is 11.4 Å². The fraction of sp³-hybridized carbons (Fsp3) is 0.0769. The minimum atomic E-state index is 0.0414. The van der Waals surface area contributed by atoms with Crippen LogP contribution in [0.3, 0.4) is 0 Å². The van der Waals surface area contributed by atoms with E-state index in [2.05, 4.69) is 0 Å². The van der Waals surface area contributed by atoms with Gasteiger partial charge < -0.3 is 4.90 Å². The van der Waals surface area contributed by atoms with Crippen LogP contribution < -0.4 is 14.4 Å². The average Bonchev–Trinajstić information content (AvgIpc) is 3.04. The normalized spacial score (nSPS) is 13.0. The lowest BCUT2D eigenvalue weighted by atomic mass is 10.2. The van der Waals surface area contributed by atoms with Gasteiger partial charge in [0.15, 0.2) is 0 Å². The molecule has 2 aromatic heterocycles. The van der Waals surface area contributed by atoms with Crippen LogP contribution in [0.25, 0.3) is 0 Å². The summed E-state index contributed by atoms with van der Waals surface area (Å²) < 4.78 is 2.09. The summed E-state index contributed by atoms with van der Waals surface area (Å²) in [6.07, 6.45) is 0. The van der Waals surface area contributed by atoms with E-state index in [4.69, 9.17) is 0 Å². The molecule has 1 aliphatic rings. The molecule has 0 radical (unpaired) electrons. The van der Waals surface area contributed by atoms with Crippen LogP contribution >= 0.6 is 53.1 Å². The summed E-state index contributed by atoms with van der Waals surface area (Å²) in [6, 6.07) is 9.93. The molecule has 0 saturated heterocycles. The smallest absolute Gasteiger partial charge is 0.267 e. The molecule has 4 rings (SSSR count). The Balaban J connectivity index is 1.88. The van der Waals surface area contributed by atoms with E-state index in [1.54, 1.807) is 11.8 Å². The highest BCUT2D eigenvalue weighted by Gasteiger charge is 2.31. The molecule has 1 aliphatic heterocycles. The Morgan fingerprint density at radius 3 is 1.95 bits per heavy atom. The molecule has 0 atom stereocenters. The fourth-order valence-electron chi connectivity index (χ4n) is 2.17. The highest BCUT2D eigenvalue weighted by Crippen LogP contribution is 2.51. The molecule has 0 fully saturated rings. The van der Waals surface area contributed by atoms with E-state index in [1.807, 2.05) is 35.2 Å². The van der Waals surface area contributed by atoms with Crippen LogP contribution in [0, 0.1) is 0 Å². The summed E-state index contributed by atoms with van der Waals surface area (Å²) in [7, 11) is 5.49. The molecule has 3 aromatic rings. The SMILES string of the molecule is O=c1ssc2c1N(Cc1ccccc1)c1c(ssc1=O)S2. The predicted molar refractivity (Wildman–Crippen MR) is 93.3 cm³/mol. The zero-order valence-corrected chi connectivity index (χ0v) is 14.5. The zero-order chi connectivity index (χ0) is 14.4. The summed E-state index contributed by atoms with van der Waals surface area (Å²) in [5, 5.41) is 0. The highest BCUT2D eigenvalue weighted by atomic mass is 32.9. The third kappa shape index (κ3) is 2.31. The molecule has 0 bridgehead atoms. The average molecular weight is 370 g/mol. The first-order chi connectivity index (χ1) is 10.2. The number of anilines is 2. The minimum absolute atomic E-state index is 0.0414. The number of fused-ring (bicyclic) bond motifs is 2. The first-order valence-corrected chi connectivity index (χ1v) is 11.1. The van der Waals surface area contributed by atoms with Crippen LogP contribution in [0.2, 0.25) is 0 Å². The van der Waals surface area contributed by atoms with Crippen molar-refractivity contribution in [3.05, 3.63) is 55.0 Å². The van der Waals surface area contributed by atoms with Gasteiger partial charge in [0.05, 0.1) is 0 Å². The summed E-state index contributed by atoms with van der Waals surface area (Å²) in [5.74, 6) is 0. The van der Waals surface area contributed by atoms with Gasteiger partial charge in [-0.1, -0.05) is 62.8 Å². The standard InChI is InChI=1S/C13H7NO2S5/c15-10-8-12(20-18-10)17-13-9(11(16)19-21-13)14(8)6-7-4-2-1-3-5-7/h1-5H,6H2. The Kier molecular flexibility index (Phi) is 3.50. The Morgan fingerprint density at radius 1 is 0.810 bits per heavy atom. The molecule has 0 unspecified atom stereocenters. The molecule has 21 heavy (non-hydrogen) atoms. The van der Waals surface area contributed by atoms with Crippen molar-refractivity contribution in [2.45, 2.75) is 15.0 Å². The number of hydrogen-bond donors (Lipinski definition) is 0. The van der Waals surface area contributed by atoms with Gasteiger partial charge in [0, 0.05) is 6.54 Å². The summed E-state index contributed by atoms with van der Waals surface area (Å²) in [5.41, 5.74) is 2.44. The summed E-state index contributed by atoms with van der Waals surface area (Å²) >= 11 is 1.55. The van der Waals surface area contributed by atoms with Gasteiger partial charge in [-0.05, 0) is 26.2 Å². The zero-order valence-electron chi connectivity index (χ0n) is 10.4. The molecule has 1 aromatic carbocycles. The minimum Gasteiger partial charge on any atom is -0.326 e. The topological polar surface area (TPSA) is 37.4 Å². The van der Waals surface area contributed by atoms with Crippen molar-refractivity contribution in [2.24, 2.45) is 0 Å². The quantitative estimate of drug-likeness (QED) is 0.625. The van der Waals surface area contributed by atoms with Gasteiger partial charge in [0.25, 0.3) is 9.48 Å². The first kappa shape index (κ1) is 13.7. The van der Waals surface area contributed by atoms with Crippen LogP contribution in [-0.4, -0.2) is 0 Å². The molecule has 0 N–H and O–H groups in total. The van der Waals surface area contributed by atoms with Crippen LogP contribution in [-0.2, 0) is 6.54 Å². The molecule has 0 amide bonds. The van der Waals surface area contributed by atoms with E-state index in [0.29, 0.717) is 17.9 Å². The summed E-state index contributed by atoms with van der Waals surface area (Å²) in [6.45, 7) is 0.554. The Morgan fingerprint density at radius 2 is 1.38 bits per heavy atom. The van der Waals surface area contributed by atoms with Crippen molar-refractivity contribution in [3.8, 4) is 0 Å². The molecular formula is C13H7NO2S5. The van der Waals surface area contributed by atoms with Gasteiger partial charge in [0.1, 0.15) is 19.8 Å². The van der Waals surface area contributed by atoms with Crippen LogP contribution in [0.5, 0.6) is 0 Å². The predicted octanol–water partition coefficient (Wildman–Crippen LogP) is 4.46. The Bertz CT molecular complexity index is 850. The van der Waals surface area contributed by atoms with Crippen molar-refractivity contribution in [1.29, 1.82) is 0 Å². The van der Waals surface area contributed by atoms with Gasteiger partial charge in [-0.25, -0.2) is 0 Å². The van der Waals surface area contributed by atoms with E-state index in [9.17, 15) is 9.59 Å². The number of nitrogens with zero attached hydrogens (tertiary/aromatic N) is 1. The molecule has 3 heterocycles. The van der Waals surface area contributed by atoms with Gasteiger partial charge in [-0.3, -0.25) is 9.59 Å².